The zero-order valence-corrected chi connectivity index (χ0v) is 10.2. The van der Waals surface area contributed by atoms with Crippen LogP contribution in [0.2, 0.25) is 0 Å². The maximum atomic E-state index is 13.1. The molecule has 0 aliphatic rings. The van der Waals surface area contributed by atoms with E-state index in [-0.39, 0.29) is 5.82 Å². The number of hydrogen-bond donors (Lipinski definition) is 1. The topological polar surface area (TPSA) is 53.6 Å². The fourth-order valence-corrected chi connectivity index (χ4v) is 1.72. The first-order valence-electron chi connectivity index (χ1n) is 5.52. The molecule has 5 heteroatoms. The zero-order chi connectivity index (χ0) is 13.1. The average Bonchev–Trinajstić information content (AvgIpc) is 2.67. The molecule has 0 radical (unpaired) electrons. The molecule has 2 aromatic rings. The van der Waals surface area contributed by atoms with Crippen LogP contribution in [0, 0.1) is 24.1 Å². The molecule has 4 nitrogen and oxygen atoms in total. The van der Waals surface area contributed by atoms with Crippen LogP contribution in [-0.4, -0.2) is 9.78 Å². The van der Waals surface area contributed by atoms with Crippen LogP contribution in [0.4, 0.5) is 10.1 Å². The molecule has 92 valence electrons. The SMILES string of the molecule is Cc1c(C(C#N)Nc2cccc(F)c2)cnn1C. The van der Waals surface area contributed by atoms with Gasteiger partial charge in [0.25, 0.3) is 0 Å². The lowest BCUT2D eigenvalue weighted by atomic mass is 10.1. The van der Waals surface area contributed by atoms with Crippen molar-refractivity contribution in [3.05, 3.63) is 47.5 Å². The normalized spacial score (nSPS) is 11.9. The van der Waals surface area contributed by atoms with Crippen molar-refractivity contribution in [2.45, 2.75) is 13.0 Å². The predicted octanol–water partition coefficient (Wildman–Crippen LogP) is 2.54. The standard InChI is InChI=1S/C13H13FN4/c1-9-12(8-16-18(9)2)13(7-15)17-11-5-3-4-10(14)6-11/h3-6,8,13,17H,1-2H3. The Bertz CT molecular complexity index is 597. The molecule has 0 saturated heterocycles. The van der Waals surface area contributed by atoms with Crippen molar-refractivity contribution in [1.82, 2.24) is 9.78 Å². The third kappa shape index (κ3) is 2.33. The molecule has 1 N–H and O–H groups in total. The van der Waals surface area contributed by atoms with Gasteiger partial charge < -0.3 is 5.32 Å². The number of benzene rings is 1. The molecule has 1 atom stereocenters. The minimum atomic E-state index is -0.541. The fraction of sp³-hybridized carbons (Fsp3) is 0.231. The molecule has 0 aliphatic carbocycles. The van der Waals surface area contributed by atoms with Crippen LogP contribution in [-0.2, 0) is 7.05 Å². The van der Waals surface area contributed by atoms with E-state index in [9.17, 15) is 9.65 Å². The van der Waals surface area contributed by atoms with Gasteiger partial charge in [-0.3, -0.25) is 4.68 Å². The summed E-state index contributed by atoms with van der Waals surface area (Å²) in [7, 11) is 1.81. The van der Waals surface area contributed by atoms with E-state index in [0.29, 0.717) is 5.69 Å². The molecule has 2 rings (SSSR count). The van der Waals surface area contributed by atoms with Crippen LogP contribution in [0.25, 0.3) is 0 Å². The Morgan fingerprint density at radius 3 is 2.83 bits per heavy atom. The van der Waals surface area contributed by atoms with Crippen molar-refractivity contribution in [3.63, 3.8) is 0 Å². The molecule has 0 spiro atoms. The summed E-state index contributed by atoms with van der Waals surface area (Å²) in [6.07, 6.45) is 1.65. The molecule has 1 unspecified atom stereocenters. The highest BCUT2D eigenvalue weighted by atomic mass is 19.1. The number of nitrogens with zero attached hydrogens (tertiary/aromatic N) is 3. The monoisotopic (exact) mass is 244 g/mol. The van der Waals surface area contributed by atoms with Crippen LogP contribution in [0.15, 0.2) is 30.5 Å². The van der Waals surface area contributed by atoms with E-state index in [1.54, 1.807) is 23.0 Å². The Morgan fingerprint density at radius 1 is 1.50 bits per heavy atom. The van der Waals surface area contributed by atoms with Crippen LogP contribution in [0.1, 0.15) is 17.3 Å². The van der Waals surface area contributed by atoms with Gasteiger partial charge in [-0.15, -0.1) is 0 Å². The third-order valence-electron chi connectivity index (χ3n) is 2.85. The molecular formula is C13H13FN4. The number of hydrogen-bond acceptors (Lipinski definition) is 3. The van der Waals surface area contributed by atoms with Crippen molar-refractivity contribution in [1.29, 1.82) is 5.26 Å². The van der Waals surface area contributed by atoms with E-state index in [1.807, 2.05) is 14.0 Å². The van der Waals surface area contributed by atoms with Crippen molar-refractivity contribution < 1.29 is 4.39 Å². The second kappa shape index (κ2) is 4.88. The molecule has 1 aromatic heterocycles. The number of aromatic nitrogens is 2. The van der Waals surface area contributed by atoms with Gasteiger partial charge in [0, 0.05) is 24.0 Å². The highest BCUT2D eigenvalue weighted by Gasteiger charge is 2.16. The quantitative estimate of drug-likeness (QED) is 0.902. The van der Waals surface area contributed by atoms with Gasteiger partial charge in [0.15, 0.2) is 0 Å². The maximum Gasteiger partial charge on any atom is 0.143 e. The van der Waals surface area contributed by atoms with Gasteiger partial charge in [0.2, 0.25) is 0 Å². The molecule has 0 amide bonds. The summed E-state index contributed by atoms with van der Waals surface area (Å²) < 4.78 is 14.8. The highest BCUT2D eigenvalue weighted by Crippen LogP contribution is 2.21. The van der Waals surface area contributed by atoms with Gasteiger partial charge in [0.1, 0.15) is 11.9 Å². The first-order chi connectivity index (χ1) is 8.61. The third-order valence-corrected chi connectivity index (χ3v) is 2.85. The first-order valence-corrected chi connectivity index (χ1v) is 5.52. The lowest BCUT2D eigenvalue weighted by Crippen LogP contribution is -2.09. The van der Waals surface area contributed by atoms with Gasteiger partial charge in [-0.2, -0.15) is 10.4 Å². The molecule has 0 fully saturated rings. The predicted molar refractivity (Wildman–Crippen MR) is 66.3 cm³/mol. The molecule has 1 heterocycles. The van der Waals surface area contributed by atoms with Gasteiger partial charge in [0.05, 0.1) is 12.3 Å². The van der Waals surface area contributed by atoms with E-state index in [1.165, 1.54) is 12.1 Å². The zero-order valence-electron chi connectivity index (χ0n) is 10.2. The van der Waals surface area contributed by atoms with Crippen LogP contribution >= 0.6 is 0 Å². The summed E-state index contributed by atoms with van der Waals surface area (Å²) in [5, 5.41) is 16.3. The minimum absolute atomic E-state index is 0.334. The van der Waals surface area contributed by atoms with Crippen LogP contribution in [0.3, 0.4) is 0 Å². The second-order valence-corrected chi connectivity index (χ2v) is 4.03. The van der Waals surface area contributed by atoms with Gasteiger partial charge in [-0.05, 0) is 25.1 Å². The number of aryl methyl sites for hydroxylation is 1. The van der Waals surface area contributed by atoms with Crippen LogP contribution in [0.5, 0.6) is 0 Å². The molecular weight excluding hydrogens is 231 g/mol. The number of rotatable bonds is 3. The molecule has 1 aromatic carbocycles. The summed E-state index contributed by atoms with van der Waals surface area (Å²) in [6.45, 7) is 1.89. The van der Waals surface area contributed by atoms with Gasteiger partial charge in [-0.25, -0.2) is 4.39 Å². The Morgan fingerprint density at radius 2 is 2.28 bits per heavy atom. The largest absolute Gasteiger partial charge is 0.366 e. The summed E-state index contributed by atoms with van der Waals surface area (Å²) >= 11 is 0. The van der Waals surface area contributed by atoms with E-state index < -0.39 is 6.04 Å². The van der Waals surface area contributed by atoms with Crippen molar-refractivity contribution in [2.75, 3.05) is 5.32 Å². The Hall–Kier alpha value is -2.35. The summed E-state index contributed by atoms with van der Waals surface area (Å²) in [4.78, 5) is 0. The van der Waals surface area contributed by atoms with E-state index >= 15 is 0 Å². The molecule has 0 aliphatic heterocycles. The molecule has 0 bridgehead atoms. The maximum absolute atomic E-state index is 13.1. The Labute approximate surface area is 105 Å². The van der Waals surface area contributed by atoms with Crippen molar-refractivity contribution in [3.8, 4) is 6.07 Å². The minimum Gasteiger partial charge on any atom is -0.366 e. The number of nitrogens with one attached hydrogen (secondary N) is 1. The Kier molecular flexibility index (Phi) is 3.28. The van der Waals surface area contributed by atoms with E-state index in [0.717, 1.165) is 11.3 Å². The van der Waals surface area contributed by atoms with Gasteiger partial charge >= 0.3 is 0 Å². The Balaban J connectivity index is 2.26. The molecule has 18 heavy (non-hydrogen) atoms. The number of nitriles is 1. The number of anilines is 1. The second-order valence-electron chi connectivity index (χ2n) is 4.03. The lowest BCUT2D eigenvalue weighted by molar-refractivity contribution is 0.628. The summed E-state index contributed by atoms with van der Waals surface area (Å²) in [5.74, 6) is -0.334. The first kappa shape index (κ1) is 12.1. The lowest BCUT2D eigenvalue weighted by Gasteiger charge is -2.12. The molecule has 0 saturated carbocycles. The fourth-order valence-electron chi connectivity index (χ4n) is 1.72. The summed E-state index contributed by atoms with van der Waals surface area (Å²) in [6, 6.07) is 7.65. The number of halogens is 1. The van der Waals surface area contributed by atoms with Gasteiger partial charge in [-0.1, -0.05) is 6.07 Å². The van der Waals surface area contributed by atoms with Crippen molar-refractivity contribution >= 4 is 5.69 Å². The van der Waals surface area contributed by atoms with Crippen molar-refractivity contribution in [2.24, 2.45) is 7.05 Å². The smallest absolute Gasteiger partial charge is 0.143 e. The summed E-state index contributed by atoms with van der Waals surface area (Å²) in [5.41, 5.74) is 2.28. The van der Waals surface area contributed by atoms with E-state index in [4.69, 9.17) is 0 Å². The van der Waals surface area contributed by atoms with Crippen LogP contribution < -0.4 is 5.32 Å². The van der Waals surface area contributed by atoms with E-state index in [2.05, 4.69) is 16.5 Å². The highest BCUT2D eigenvalue weighted by molar-refractivity contribution is 5.47. The average molecular weight is 244 g/mol.